The third-order valence-electron chi connectivity index (χ3n) is 6.03. The van der Waals surface area contributed by atoms with Crippen molar-refractivity contribution in [1.29, 1.82) is 0 Å². The van der Waals surface area contributed by atoms with Crippen molar-refractivity contribution < 1.29 is 4.79 Å². The van der Waals surface area contributed by atoms with E-state index in [9.17, 15) is 4.79 Å². The number of carbonyl (C=O) groups excluding carboxylic acids is 1. The molecular weight excluding hydrogens is 386 g/mol. The Kier molecular flexibility index (Phi) is 5.20. The van der Waals surface area contributed by atoms with Crippen LogP contribution in [-0.2, 0) is 13.0 Å². The van der Waals surface area contributed by atoms with E-state index >= 15 is 0 Å². The molecule has 0 radical (unpaired) electrons. The molecule has 1 amide bonds. The summed E-state index contributed by atoms with van der Waals surface area (Å²) in [7, 11) is 0. The molecule has 0 unspecified atom stereocenters. The van der Waals surface area contributed by atoms with Gasteiger partial charge in [0.2, 0.25) is 0 Å². The quantitative estimate of drug-likeness (QED) is 0.489. The highest BCUT2D eigenvalue weighted by Gasteiger charge is 2.30. The van der Waals surface area contributed by atoms with Crippen LogP contribution < -0.4 is 0 Å². The smallest absolute Gasteiger partial charge is 0.254 e. The van der Waals surface area contributed by atoms with Crippen LogP contribution in [0, 0.1) is 0 Å². The number of fused-ring (bicyclic) bond motifs is 1. The summed E-state index contributed by atoms with van der Waals surface area (Å²) >= 11 is 0. The Morgan fingerprint density at radius 2 is 2.06 bits per heavy atom. The number of hydrogen-bond donors (Lipinski definition) is 0. The van der Waals surface area contributed by atoms with Crippen molar-refractivity contribution in [3.05, 3.63) is 78.4 Å². The third kappa shape index (κ3) is 3.81. The molecule has 0 saturated carbocycles. The summed E-state index contributed by atoms with van der Waals surface area (Å²) in [6, 6.07) is 14.0. The van der Waals surface area contributed by atoms with Gasteiger partial charge in [-0.25, -0.2) is 4.98 Å². The normalized spacial score (nSPS) is 16.2. The molecular formula is C25H25N5O. The predicted molar refractivity (Wildman–Crippen MR) is 121 cm³/mol. The second-order valence-electron chi connectivity index (χ2n) is 8.02. The molecule has 6 nitrogen and oxygen atoms in total. The number of pyridine rings is 2. The molecule has 156 valence electrons. The van der Waals surface area contributed by atoms with E-state index in [4.69, 9.17) is 4.98 Å². The Labute approximate surface area is 181 Å². The van der Waals surface area contributed by atoms with Gasteiger partial charge in [0.1, 0.15) is 0 Å². The van der Waals surface area contributed by atoms with Crippen molar-refractivity contribution in [2.45, 2.75) is 38.8 Å². The molecule has 1 fully saturated rings. The van der Waals surface area contributed by atoms with Gasteiger partial charge in [0, 0.05) is 48.7 Å². The number of aromatic nitrogens is 4. The second kappa shape index (κ2) is 8.30. The maximum atomic E-state index is 13.8. The van der Waals surface area contributed by atoms with Gasteiger partial charge in [-0.15, -0.1) is 0 Å². The van der Waals surface area contributed by atoms with Gasteiger partial charge < -0.3 is 4.90 Å². The molecule has 4 heterocycles. The highest BCUT2D eigenvalue weighted by atomic mass is 16.2. The summed E-state index contributed by atoms with van der Waals surface area (Å²) in [5.74, 6) is 0.0779. The van der Waals surface area contributed by atoms with Crippen LogP contribution in [-0.4, -0.2) is 43.1 Å². The Morgan fingerprint density at radius 3 is 2.87 bits per heavy atom. The van der Waals surface area contributed by atoms with E-state index in [2.05, 4.69) is 23.1 Å². The number of nitrogens with zero attached hydrogens (tertiary/aromatic N) is 5. The van der Waals surface area contributed by atoms with E-state index in [1.165, 1.54) is 5.56 Å². The molecule has 1 atom stereocenters. The van der Waals surface area contributed by atoms with Crippen LogP contribution in [0.1, 0.15) is 35.7 Å². The minimum absolute atomic E-state index is 0.0779. The Morgan fingerprint density at radius 1 is 1.16 bits per heavy atom. The van der Waals surface area contributed by atoms with Crippen molar-refractivity contribution in [1.82, 2.24) is 24.6 Å². The number of benzene rings is 1. The minimum Gasteiger partial charge on any atom is -0.335 e. The van der Waals surface area contributed by atoms with Gasteiger partial charge >= 0.3 is 0 Å². The van der Waals surface area contributed by atoms with Gasteiger partial charge in [-0.3, -0.25) is 14.5 Å². The first-order valence-electron chi connectivity index (χ1n) is 10.9. The molecule has 0 aliphatic carbocycles. The van der Waals surface area contributed by atoms with E-state index in [0.717, 1.165) is 54.5 Å². The van der Waals surface area contributed by atoms with Gasteiger partial charge in [0.05, 0.1) is 23.0 Å². The molecule has 4 aromatic rings. The first-order valence-corrected chi connectivity index (χ1v) is 10.9. The molecule has 6 heteroatoms. The largest absolute Gasteiger partial charge is 0.335 e. The summed E-state index contributed by atoms with van der Waals surface area (Å²) in [5.41, 5.74) is 4.41. The zero-order valence-corrected chi connectivity index (χ0v) is 17.6. The molecule has 0 bridgehead atoms. The molecule has 0 N–H and O–H groups in total. The lowest BCUT2D eigenvalue weighted by Gasteiger charge is -2.25. The minimum atomic E-state index is 0.0779. The van der Waals surface area contributed by atoms with E-state index in [1.54, 1.807) is 6.20 Å². The van der Waals surface area contributed by atoms with E-state index in [0.29, 0.717) is 5.56 Å². The number of para-hydroxylation sites is 1. The lowest BCUT2D eigenvalue weighted by Crippen LogP contribution is -2.37. The Bertz CT molecular complexity index is 1220. The molecule has 3 aromatic heterocycles. The van der Waals surface area contributed by atoms with Gasteiger partial charge in [-0.1, -0.05) is 24.3 Å². The molecule has 1 aliphatic heterocycles. The van der Waals surface area contributed by atoms with E-state index in [1.807, 2.05) is 64.6 Å². The Balaban J connectivity index is 1.53. The molecule has 31 heavy (non-hydrogen) atoms. The monoisotopic (exact) mass is 411 g/mol. The van der Waals surface area contributed by atoms with Gasteiger partial charge in [-0.2, -0.15) is 5.10 Å². The average molecular weight is 412 g/mol. The molecule has 5 rings (SSSR count). The number of hydrogen-bond acceptors (Lipinski definition) is 4. The van der Waals surface area contributed by atoms with Crippen molar-refractivity contribution >= 4 is 16.8 Å². The van der Waals surface area contributed by atoms with Crippen LogP contribution in [0.25, 0.3) is 22.2 Å². The summed E-state index contributed by atoms with van der Waals surface area (Å²) in [6.45, 7) is 3.63. The fourth-order valence-electron chi connectivity index (χ4n) is 4.43. The topological polar surface area (TPSA) is 63.9 Å². The van der Waals surface area contributed by atoms with Crippen molar-refractivity contribution in [3.8, 4) is 11.3 Å². The van der Waals surface area contributed by atoms with Crippen molar-refractivity contribution in [2.24, 2.45) is 0 Å². The summed E-state index contributed by atoms with van der Waals surface area (Å²) in [4.78, 5) is 24.9. The first-order chi connectivity index (χ1) is 15.2. The Hall–Kier alpha value is -3.54. The van der Waals surface area contributed by atoms with Gasteiger partial charge in [0.15, 0.2) is 0 Å². The number of carbonyl (C=O) groups is 1. The maximum absolute atomic E-state index is 13.8. The maximum Gasteiger partial charge on any atom is 0.254 e. The number of rotatable bonds is 5. The highest BCUT2D eigenvalue weighted by molar-refractivity contribution is 6.07. The lowest BCUT2D eigenvalue weighted by atomic mass is 10.0. The molecule has 1 aliphatic rings. The van der Waals surface area contributed by atoms with Crippen LogP contribution in [0.5, 0.6) is 0 Å². The third-order valence-corrected chi connectivity index (χ3v) is 6.03. The zero-order chi connectivity index (χ0) is 21.2. The fraction of sp³-hybridized carbons (Fsp3) is 0.280. The molecule has 0 spiro atoms. The number of aryl methyl sites for hydroxylation is 1. The van der Waals surface area contributed by atoms with Crippen molar-refractivity contribution in [3.63, 3.8) is 0 Å². The number of amides is 1. The van der Waals surface area contributed by atoms with E-state index < -0.39 is 0 Å². The second-order valence-corrected chi connectivity index (χ2v) is 8.02. The lowest BCUT2D eigenvalue weighted by molar-refractivity contribution is 0.0738. The zero-order valence-electron chi connectivity index (χ0n) is 17.6. The van der Waals surface area contributed by atoms with Crippen molar-refractivity contribution in [2.75, 3.05) is 6.54 Å². The number of likely N-dealkylation sites (tertiary alicyclic amines) is 1. The van der Waals surface area contributed by atoms with Crippen LogP contribution in [0.2, 0.25) is 0 Å². The SMILES string of the molecule is CCn1cc(-c2cc(C(=O)N3CCC[C@H]3Cc3cccnc3)c3ccccc3n2)cn1. The summed E-state index contributed by atoms with van der Waals surface area (Å²) in [5, 5.41) is 5.27. The van der Waals surface area contributed by atoms with Crippen LogP contribution in [0.15, 0.2) is 67.3 Å². The summed E-state index contributed by atoms with van der Waals surface area (Å²) in [6.07, 6.45) is 10.3. The predicted octanol–water partition coefficient (Wildman–Crippen LogP) is 4.36. The van der Waals surface area contributed by atoms with Crippen LogP contribution in [0.3, 0.4) is 0 Å². The van der Waals surface area contributed by atoms with Crippen LogP contribution >= 0.6 is 0 Å². The van der Waals surface area contributed by atoms with E-state index in [-0.39, 0.29) is 11.9 Å². The first kappa shape index (κ1) is 19.4. The van der Waals surface area contributed by atoms with Crippen LogP contribution in [0.4, 0.5) is 0 Å². The average Bonchev–Trinajstić information content (AvgIpc) is 3.48. The summed E-state index contributed by atoms with van der Waals surface area (Å²) < 4.78 is 1.87. The molecule has 1 saturated heterocycles. The van der Waals surface area contributed by atoms with Gasteiger partial charge in [-0.05, 0) is 49.9 Å². The standard InChI is InChI=1S/C25H25N5O/c1-2-29-17-19(16-27-29)24-14-22(21-9-3-4-10-23(21)28-24)25(31)30-12-6-8-20(30)13-18-7-5-11-26-15-18/h3-5,7,9-11,14-17,20H,2,6,8,12-13H2,1H3/t20-/m0/s1. The molecule has 1 aromatic carbocycles. The fourth-order valence-corrected chi connectivity index (χ4v) is 4.43. The highest BCUT2D eigenvalue weighted by Crippen LogP contribution is 2.29. The van der Waals surface area contributed by atoms with Gasteiger partial charge in [0.25, 0.3) is 5.91 Å².